The second kappa shape index (κ2) is 6.67. The number of ether oxygens (including phenoxy) is 1. The van der Waals surface area contributed by atoms with Crippen molar-refractivity contribution in [3.05, 3.63) is 11.6 Å². The molecule has 0 bridgehead atoms. The van der Waals surface area contributed by atoms with Gasteiger partial charge in [0.05, 0.1) is 6.10 Å². The lowest BCUT2D eigenvalue weighted by atomic mass is 9.46. The lowest BCUT2D eigenvalue weighted by Crippen LogP contribution is -2.56. The highest BCUT2D eigenvalue weighted by Crippen LogP contribution is 2.70. The van der Waals surface area contributed by atoms with Gasteiger partial charge in [-0.15, -0.1) is 0 Å². The molecule has 4 unspecified atom stereocenters. The molecule has 3 fully saturated rings. The summed E-state index contributed by atoms with van der Waals surface area (Å²) in [6.07, 6.45) is 7.12. The number of carbonyl (C=O) groups excluding carboxylic acids is 2. The Morgan fingerprint density at radius 2 is 1.83 bits per heavy atom. The molecule has 8 atom stereocenters. The van der Waals surface area contributed by atoms with Crippen molar-refractivity contribution in [3.63, 3.8) is 0 Å². The second-order valence-electron chi connectivity index (χ2n) is 11.6. The van der Waals surface area contributed by atoms with Gasteiger partial charge in [-0.25, -0.2) is 0 Å². The molecule has 29 heavy (non-hydrogen) atoms. The largest absolute Gasteiger partial charge is 0.462 e. The Bertz CT molecular complexity index is 752. The van der Waals surface area contributed by atoms with Crippen LogP contribution in [0.25, 0.3) is 0 Å². The minimum Gasteiger partial charge on any atom is -0.462 e. The van der Waals surface area contributed by atoms with Crippen molar-refractivity contribution >= 4 is 11.8 Å². The van der Waals surface area contributed by atoms with Gasteiger partial charge in [-0.1, -0.05) is 39.3 Å². The van der Waals surface area contributed by atoms with Crippen molar-refractivity contribution < 1.29 is 19.4 Å². The number of allylic oxidation sites excluding steroid dienone is 1. The fourth-order valence-electron chi connectivity index (χ4n) is 8.73. The number of hydrogen-bond acceptors (Lipinski definition) is 4. The van der Waals surface area contributed by atoms with Crippen molar-refractivity contribution in [1.29, 1.82) is 0 Å². The summed E-state index contributed by atoms with van der Waals surface area (Å²) in [7, 11) is 0. The predicted molar refractivity (Wildman–Crippen MR) is 112 cm³/mol. The standard InChI is InChI=1S/C25H38O4/c1-14(26)22-23(3,4)13-20-18-8-7-16-11-17(28)12-21(29-15(2)27)25(16,6)19(18)9-10-24(20,22)5/h7,17-22,28H,8-13H2,1-6H3/t17-,18?,19?,20?,21?,22-,24-,25-/m0/s1. The van der Waals surface area contributed by atoms with Crippen molar-refractivity contribution in [2.45, 2.75) is 92.3 Å². The van der Waals surface area contributed by atoms with Crippen LogP contribution in [-0.4, -0.2) is 29.1 Å². The molecule has 162 valence electrons. The van der Waals surface area contributed by atoms with Crippen molar-refractivity contribution in [3.8, 4) is 0 Å². The lowest BCUT2D eigenvalue weighted by molar-refractivity contribution is -0.167. The summed E-state index contributed by atoms with van der Waals surface area (Å²) < 4.78 is 5.83. The third kappa shape index (κ3) is 2.96. The molecular formula is C25H38O4. The van der Waals surface area contributed by atoms with E-state index in [0.717, 1.165) is 25.7 Å². The van der Waals surface area contributed by atoms with Gasteiger partial charge in [-0.05, 0) is 67.6 Å². The molecule has 0 aliphatic heterocycles. The third-order valence-electron chi connectivity index (χ3n) is 9.49. The van der Waals surface area contributed by atoms with Crippen LogP contribution in [0.3, 0.4) is 0 Å². The van der Waals surface area contributed by atoms with Gasteiger partial charge in [0.1, 0.15) is 11.9 Å². The van der Waals surface area contributed by atoms with E-state index in [-0.39, 0.29) is 34.2 Å². The molecule has 0 spiro atoms. The fraction of sp³-hybridized carbons (Fsp3) is 0.840. The average molecular weight is 403 g/mol. The number of fused-ring (bicyclic) bond motifs is 5. The third-order valence-corrected chi connectivity index (χ3v) is 9.49. The normalized spacial score (nSPS) is 48.0. The first-order valence-corrected chi connectivity index (χ1v) is 11.5. The molecule has 0 radical (unpaired) electrons. The first kappa shape index (κ1) is 21.1. The van der Waals surface area contributed by atoms with Crippen LogP contribution < -0.4 is 0 Å². The van der Waals surface area contributed by atoms with Gasteiger partial charge in [0, 0.05) is 24.7 Å². The Hall–Kier alpha value is -1.16. The van der Waals surface area contributed by atoms with Gasteiger partial charge in [0.2, 0.25) is 0 Å². The van der Waals surface area contributed by atoms with E-state index in [2.05, 4.69) is 33.8 Å². The SMILES string of the molecule is CC(=O)OC1C[C@@H](O)CC2=CCC3C(CC[C@@]4(C)C3CC(C)(C)[C@@H]4C(C)=O)[C@]21C. The zero-order valence-electron chi connectivity index (χ0n) is 19.0. The zero-order valence-corrected chi connectivity index (χ0v) is 19.0. The van der Waals surface area contributed by atoms with Crippen LogP contribution in [-0.2, 0) is 14.3 Å². The van der Waals surface area contributed by atoms with E-state index in [9.17, 15) is 14.7 Å². The van der Waals surface area contributed by atoms with E-state index in [1.165, 1.54) is 12.5 Å². The number of esters is 1. The smallest absolute Gasteiger partial charge is 0.302 e. The van der Waals surface area contributed by atoms with Gasteiger partial charge in [0.25, 0.3) is 0 Å². The van der Waals surface area contributed by atoms with Gasteiger partial charge in [-0.2, -0.15) is 0 Å². The van der Waals surface area contributed by atoms with E-state index in [1.54, 1.807) is 6.92 Å². The van der Waals surface area contributed by atoms with Gasteiger partial charge < -0.3 is 9.84 Å². The first-order chi connectivity index (χ1) is 13.4. The van der Waals surface area contributed by atoms with Gasteiger partial charge >= 0.3 is 5.97 Å². The molecule has 4 nitrogen and oxygen atoms in total. The van der Waals surface area contributed by atoms with Gasteiger partial charge in [-0.3, -0.25) is 9.59 Å². The van der Waals surface area contributed by atoms with E-state index in [0.29, 0.717) is 36.4 Å². The highest BCUT2D eigenvalue weighted by atomic mass is 16.5. The Morgan fingerprint density at radius 3 is 2.45 bits per heavy atom. The van der Waals surface area contributed by atoms with Crippen molar-refractivity contribution in [2.75, 3.05) is 0 Å². The molecular weight excluding hydrogens is 364 g/mol. The highest BCUT2D eigenvalue weighted by molar-refractivity contribution is 5.80. The summed E-state index contributed by atoms with van der Waals surface area (Å²) >= 11 is 0. The van der Waals surface area contributed by atoms with Crippen LogP contribution in [0.5, 0.6) is 0 Å². The van der Waals surface area contributed by atoms with Gasteiger partial charge in [0.15, 0.2) is 0 Å². The number of hydrogen-bond donors (Lipinski definition) is 1. The molecule has 0 saturated heterocycles. The van der Waals surface area contributed by atoms with E-state index in [4.69, 9.17) is 4.74 Å². The number of Topliss-reactive ketones (excluding diaryl/α,β-unsaturated/α-hetero) is 1. The zero-order chi connectivity index (χ0) is 21.4. The quantitative estimate of drug-likeness (QED) is 0.537. The van der Waals surface area contributed by atoms with E-state index >= 15 is 0 Å². The van der Waals surface area contributed by atoms with E-state index < -0.39 is 6.10 Å². The predicted octanol–water partition coefficient (Wildman–Crippen LogP) is 4.69. The molecule has 0 amide bonds. The van der Waals surface area contributed by atoms with Crippen LogP contribution in [0, 0.1) is 39.9 Å². The van der Waals surface area contributed by atoms with Crippen LogP contribution in [0.1, 0.15) is 80.1 Å². The Morgan fingerprint density at radius 1 is 1.14 bits per heavy atom. The number of carbonyl (C=O) groups is 2. The molecule has 0 aromatic rings. The van der Waals surface area contributed by atoms with Crippen LogP contribution >= 0.6 is 0 Å². The maximum atomic E-state index is 12.7. The lowest BCUT2D eigenvalue weighted by Gasteiger charge is -2.59. The van der Waals surface area contributed by atoms with Crippen LogP contribution in [0.15, 0.2) is 11.6 Å². The topological polar surface area (TPSA) is 63.6 Å². The fourth-order valence-corrected chi connectivity index (χ4v) is 8.73. The van der Waals surface area contributed by atoms with Crippen molar-refractivity contribution in [2.24, 2.45) is 39.9 Å². The maximum absolute atomic E-state index is 12.7. The minimum atomic E-state index is -0.434. The second-order valence-corrected chi connectivity index (χ2v) is 11.6. The molecule has 4 aliphatic carbocycles. The van der Waals surface area contributed by atoms with Crippen molar-refractivity contribution in [1.82, 2.24) is 0 Å². The number of ketones is 1. The number of aliphatic hydroxyl groups is 1. The number of aliphatic hydroxyl groups excluding tert-OH is 1. The summed E-state index contributed by atoms with van der Waals surface area (Å²) in [5.74, 6) is 1.68. The Labute approximate surface area is 175 Å². The summed E-state index contributed by atoms with van der Waals surface area (Å²) in [4.78, 5) is 24.6. The molecule has 4 aliphatic rings. The molecule has 4 rings (SSSR count). The monoisotopic (exact) mass is 402 g/mol. The average Bonchev–Trinajstić information content (AvgIpc) is 2.80. The maximum Gasteiger partial charge on any atom is 0.302 e. The molecule has 4 heteroatoms. The summed E-state index contributed by atoms with van der Waals surface area (Å²) in [5, 5.41) is 10.4. The minimum absolute atomic E-state index is 0.0308. The molecule has 3 saturated carbocycles. The summed E-state index contributed by atoms with van der Waals surface area (Å²) in [6.45, 7) is 12.5. The van der Waals surface area contributed by atoms with Crippen LogP contribution in [0.4, 0.5) is 0 Å². The molecule has 0 aromatic carbocycles. The highest BCUT2D eigenvalue weighted by Gasteiger charge is 2.65. The first-order valence-electron chi connectivity index (χ1n) is 11.5. The Kier molecular flexibility index (Phi) is 4.85. The molecule has 0 aromatic heterocycles. The Balaban J connectivity index is 1.74. The van der Waals surface area contributed by atoms with Crippen LogP contribution in [0.2, 0.25) is 0 Å². The summed E-state index contributed by atoms with van der Waals surface area (Å²) in [5.41, 5.74) is 1.17. The van der Waals surface area contributed by atoms with E-state index in [1.807, 2.05) is 0 Å². The number of rotatable bonds is 2. The molecule has 0 heterocycles. The summed E-state index contributed by atoms with van der Waals surface area (Å²) in [6, 6.07) is 0. The molecule has 1 N–H and O–H groups in total.